The molecule has 0 N–H and O–H groups in total. The van der Waals surface area contributed by atoms with Gasteiger partial charge in [0.15, 0.2) is 0 Å². The first-order valence-electron chi connectivity index (χ1n) is 3.58. The second-order valence-corrected chi connectivity index (χ2v) is 3.48. The van der Waals surface area contributed by atoms with E-state index >= 15 is 0 Å². The number of hydrogen-bond acceptors (Lipinski definition) is 2. The van der Waals surface area contributed by atoms with E-state index < -0.39 is 0 Å². The first kappa shape index (κ1) is 8.30. The standard InChI is InChI=1S/C7H12INO/c1-6-3-2-4-7(5-8)10-9-6/h7H,2-5H2,1H3. The molecule has 10 heavy (non-hydrogen) atoms. The predicted molar refractivity (Wildman–Crippen MR) is 50.7 cm³/mol. The first-order valence-corrected chi connectivity index (χ1v) is 5.10. The number of nitrogens with zero attached hydrogens (tertiary/aromatic N) is 1. The van der Waals surface area contributed by atoms with Crippen molar-refractivity contribution in [2.75, 3.05) is 4.43 Å². The van der Waals surface area contributed by atoms with Gasteiger partial charge in [0, 0.05) is 4.43 Å². The summed E-state index contributed by atoms with van der Waals surface area (Å²) in [5, 5.41) is 3.99. The van der Waals surface area contributed by atoms with Gasteiger partial charge < -0.3 is 4.84 Å². The summed E-state index contributed by atoms with van der Waals surface area (Å²) in [7, 11) is 0. The van der Waals surface area contributed by atoms with E-state index in [4.69, 9.17) is 4.84 Å². The van der Waals surface area contributed by atoms with Gasteiger partial charge in [-0.15, -0.1) is 0 Å². The molecule has 0 bridgehead atoms. The SMILES string of the molecule is CC1=NOC(CI)CCC1. The Morgan fingerprint density at radius 2 is 2.60 bits per heavy atom. The van der Waals surface area contributed by atoms with Crippen molar-refractivity contribution in [3.63, 3.8) is 0 Å². The second-order valence-electron chi connectivity index (χ2n) is 2.60. The van der Waals surface area contributed by atoms with Crippen molar-refractivity contribution in [2.45, 2.75) is 32.3 Å². The van der Waals surface area contributed by atoms with Crippen LogP contribution in [0.25, 0.3) is 0 Å². The largest absolute Gasteiger partial charge is 0.392 e. The van der Waals surface area contributed by atoms with Gasteiger partial charge in [-0.25, -0.2) is 0 Å². The molecule has 0 spiro atoms. The van der Waals surface area contributed by atoms with Gasteiger partial charge in [0.2, 0.25) is 0 Å². The molecule has 0 aromatic heterocycles. The lowest BCUT2D eigenvalue weighted by Gasteiger charge is -2.07. The van der Waals surface area contributed by atoms with Crippen LogP contribution in [-0.4, -0.2) is 16.2 Å². The third kappa shape index (κ3) is 2.44. The molecule has 0 saturated carbocycles. The molecule has 2 nitrogen and oxygen atoms in total. The van der Waals surface area contributed by atoms with E-state index in [0.29, 0.717) is 6.10 Å². The van der Waals surface area contributed by atoms with Gasteiger partial charge in [-0.05, 0) is 26.2 Å². The Bertz CT molecular complexity index is 136. The van der Waals surface area contributed by atoms with Gasteiger partial charge in [-0.1, -0.05) is 27.7 Å². The molecule has 1 unspecified atom stereocenters. The average molecular weight is 253 g/mol. The Balaban J connectivity index is 2.40. The summed E-state index contributed by atoms with van der Waals surface area (Å²) < 4.78 is 1.05. The van der Waals surface area contributed by atoms with Gasteiger partial charge in [-0.2, -0.15) is 0 Å². The molecule has 0 aromatic rings. The van der Waals surface area contributed by atoms with E-state index in [1.165, 1.54) is 6.42 Å². The van der Waals surface area contributed by atoms with Gasteiger partial charge in [-0.3, -0.25) is 0 Å². The van der Waals surface area contributed by atoms with Crippen LogP contribution >= 0.6 is 22.6 Å². The zero-order valence-electron chi connectivity index (χ0n) is 6.14. The van der Waals surface area contributed by atoms with Crippen LogP contribution in [-0.2, 0) is 4.84 Å². The molecule has 1 heterocycles. The predicted octanol–water partition coefficient (Wildman–Crippen LogP) is 2.37. The Morgan fingerprint density at radius 1 is 1.80 bits per heavy atom. The fourth-order valence-electron chi connectivity index (χ4n) is 0.954. The second kappa shape index (κ2) is 4.16. The number of rotatable bonds is 1. The number of halogens is 1. The zero-order chi connectivity index (χ0) is 7.40. The molecule has 58 valence electrons. The van der Waals surface area contributed by atoms with E-state index in [1.807, 2.05) is 6.92 Å². The van der Waals surface area contributed by atoms with Crippen molar-refractivity contribution in [3.05, 3.63) is 0 Å². The fourth-order valence-corrected chi connectivity index (χ4v) is 1.55. The topological polar surface area (TPSA) is 21.6 Å². The highest BCUT2D eigenvalue weighted by atomic mass is 127. The lowest BCUT2D eigenvalue weighted by molar-refractivity contribution is 0.0757. The minimum Gasteiger partial charge on any atom is -0.392 e. The Labute approximate surface area is 75.1 Å². The van der Waals surface area contributed by atoms with Gasteiger partial charge in [0.1, 0.15) is 6.10 Å². The third-order valence-corrected chi connectivity index (χ3v) is 2.58. The quantitative estimate of drug-likeness (QED) is 0.519. The summed E-state index contributed by atoms with van der Waals surface area (Å²) in [5.41, 5.74) is 1.13. The van der Waals surface area contributed by atoms with Crippen LogP contribution in [0, 0.1) is 0 Å². The average Bonchev–Trinajstić information content (AvgIpc) is 2.14. The minimum absolute atomic E-state index is 0.359. The summed E-state index contributed by atoms with van der Waals surface area (Å²) in [5.74, 6) is 0. The Kier molecular flexibility index (Phi) is 3.45. The smallest absolute Gasteiger partial charge is 0.136 e. The van der Waals surface area contributed by atoms with Crippen molar-refractivity contribution < 1.29 is 4.84 Å². The zero-order valence-corrected chi connectivity index (χ0v) is 8.30. The van der Waals surface area contributed by atoms with Gasteiger partial charge in [0.05, 0.1) is 5.71 Å². The van der Waals surface area contributed by atoms with Crippen molar-refractivity contribution in [1.82, 2.24) is 0 Å². The van der Waals surface area contributed by atoms with Gasteiger partial charge >= 0.3 is 0 Å². The highest BCUT2D eigenvalue weighted by molar-refractivity contribution is 14.1. The van der Waals surface area contributed by atoms with E-state index in [0.717, 1.165) is 23.0 Å². The number of alkyl halides is 1. The summed E-state index contributed by atoms with van der Waals surface area (Å²) in [6, 6.07) is 0. The molecule has 0 aliphatic carbocycles. The molecule has 0 amide bonds. The van der Waals surface area contributed by atoms with Crippen LogP contribution < -0.4 is 0 Å². The van der Waals surface area contributed by atoms with Crippen LogP contribution in [0.15, 0.2) is 5.16 Å². The van der Waals surface area contributed by atoms with Gasteiger partial charge in [0.25, 0.3) is 0 Å². The van der Waals surface area contributed by atoms with Crippen LogP contribution in [0.2, 0.25) is 0 Å². The number of oxime groups is 1. The molecular formula is C7H12INO. The number of hydrogen-bond donors (Lipinski definition) is 0. The maximum atomic E-state index is 5.24. The molecule has 0 saturated heterocycles. The van der Waals surface area contributed by atoms with E-state index in [2.05, 4.69) is 27.7 Å². The van der Waals surface area contributed by atoms with Crippen molar-refractivity contribution in [2.24, 2.45) is 5.16 Å². The third-order valence-electron chi connectivity index (χ3n) is 1.59. The Hall–Kier alpha value is 0.200. The lowest BCUT2D eigenvalue weighted by atomic mass is 10.1. The Morgan fingerprint density at radius 3 is 3.30 bits per heavy atom. The molecule has 0 radical (unpaired) electrons. The summed E-state index contributed by atoms with van der Waals surface area (Å²) >= 11 is 2.34. The molecule has 0 aromatic carbocycles. The minimum atomic E-state index is 0.359. The normalized spacial score (nSPS) is 26.6. The maximum absolute atomic E-state index is 5.24. The van der Waals surface area contributed by atoms with Crippen LogP contribution in [0.5, 0.6) is 0 Å². The molecule has 1 rings (SSSR count). The highest BCUT2D eigenvalue weighted by Gasteiger charge is 2.11. The van der Waals surface area contributed by atoms with Crippen LogP contribution in [0.4, 0.5) is 0 Å². The summed E-state index contributed by atoms with van der Waals surface area (Å²) in [6.07, 6.45) is 3.85. The van der Waals surface area contributed by atoms with Crippen molar-refractivity contribution >= 4 is 28.3 Å². The van der Waals surface area contributed by atoms with Crippen LogP contribution in [0.3, 0.4) is 0 Å². The molecule has 1 atom stereocenters. The molecule has 1 aliphatic heterocycles. The van der Waals surface area contributed by atoms with E-state index in [1.54, 1.807) is 0 Å². The van der Waals surface area contributed by atoms with Crippen molar-refractivity contribution in [1.29, 1.82) is 0 Å². The van der Waals surface area contributed by atoms with E-state index in [9.17, 15) is 0 Å². The van der Waals surface area contributed by atoms with Crippen molar-refractivity contribution in [3.8, 4) is 0 Å². The van der Waals surface area contributed by atoms with E-state index in [-0.39, 0.29) is 0 Å². The summed E-state index contributed by atoms with van der Waals surface area (Å²) in [6.45, 7) is 2.02. The molecule has 3 heteroatoms. The maximum Gasteiger partial charge on any atom is 0.136 e. The lowest BCUT2D eigenvalue weighted by Crippen LogP contribution is -2.09. The molecule has 1 aliphatic rings. The molecular weight excluding hydrogens is 241 g/mol. The summed E-state index contributed by atoms with van der Waals surface area (Å²) in [4.78, 5) is 5.24. The van der Waals surface area contributed by atoms with Crippen LogP contribution in [0.1, 0.15) is 26.2 Å². The fraction of sp³-hybridized carbons (Fsp3) is 0.857. The molecule has 0 fully saturated rings. The monoisotopic (exact) mass is 253 g/mol. The highest BCUT2D eigenvalue weighted by Crippen LogP contribution is 2.13. The first-order chi connectivity index (χ1) is 4.83.